The van der Waals surface area contributed by atoms with Crippen LogP contribution in [0, 0.1) is 6.92 Å². The van der Waals surface area contributed by atoms with Crippen molar-refractivity contribution in [2.75, 3.05) is 6.54 Å². The number of thiophene rings is 1. The lowest BCUT2D eigenvalue weighted by molar-refractivity contribution is 0.823. The van der Waals surface area contributed by atoms with Gasteiger partial charge in [-0.25, -0.2) is 4.99 Å². The van der Waals surface area contributed by atoms with E-state index in [0.29, 0.717) is 6.54 Å². The molecule has 1 aromatic carbocycles. The van der Waals surface area contributed by atoms with E-state index in [9.17, 15) is 0 Å². The van der Waals surface area contributed by atoms with E-state index in [4.69, 9.17) is 0 Å². The molecule has 20 heavy (non-hydrogen) atoms. The first-order chi connectivity index (χ1) is 9.78. The highest BCUT2D eigenvalue weighted by atomic mass is 32.1. The molecule has 0 fully saturated rings. The van der Waals surface area contributed by atoms with Gasteiger partial charge in [-0.15, -0.1) is 11.3 Å². The van der Waals surface area contributed by atoms with E-state index in [-0.39, 0.29) is 0 Å². The number of nitrogens with zero attached hydrogens (tertiary/aromatic N) is 1. The van der Waals surface area contributed by atoms with Gasteiger partial charge in [0.25, 0.3) is 0 Å². The number of hydrogen-bond donors (Lipinski definition) is 2. The van der Waals surface area contributed by atoms with Crippen LogP contribution in [-0.4, -0.2) is 12.5 Å². The molecule has 0 aliphatic rings. The Balaban J connectivity index is 1.92. The number of rotatable bonds is 5. The summed E-state index contributed by atoms with van der Waals surface area (Å²) in [5.74, 6) is 0.862. The minimum absolute atomic E-state index is 0.694. The first-order valence-electron chi connectivity index (χ1n) is 6.88. The summed E-state index contributed by atoms with van der Waals surface area (Å²) in [6.07, 6.45) is 0. The molecule has 0 atom stereocenters. The summed E-state index contributed by atoms with van der Waals surface area (Å²) >= 11 is 1.75. The molecule has 2 N–H and O–H groups in total. The molecule has 0 bridgehead atoms. The van der Waals surface area contributed by atoms with E-state index in [2.05, 4.69) is 71.3 Å². The average Bonchev–Trinajstić information content (AvgIpc) is 2.97. The normalized spacial score (nSPS) is 11.4. The summed E-state index contributed by atoms with van der Waals surface area (Å²) in [7, 11) is 0. The van der Waals surface area contributed by atoms with Gasteiger partial charge in [-0.2, -0.15) is 0 Å². The fraction of sp³-hybridized carbons (Fsp3) is 0.312. The predicted octanol–water partition coefficient (Wildman–Crippen LogP) is 3.31. The van der Waals surface area contributed by atoms with Crippen molar-refractivity contribution in [1.82, 2.24) is 10.6 Å². The van der Waals surface area contributed by atoms with E-state index in [0.717, 1.165) is 19.0 Å². The summed E-state index contributed by atoms with van der Waals surface area (Å²) in [6.45, 7) is 6.55. The van der Waals surface area contributed by atoms with E-state index in [1.165, 1.54) is 16.0 Å². The van der Waals surface area contributed by atoms with Gasteiger partial charge >= 0.3 is 0 Å². The zero-order valence-corrected chi connectivity index (χ0v) is 12.8. The molecule has 3 nitrogen and oxygen atoms in total. The maximum absolute atomic E-state index is 4.61. The van der Waals surface area contributed by atoms with Crippen LogP contribution in [0.5, 0.6) is 0 Å². The van der Waals surface area contributed by atoms with Crippen LogP contribution in [0.15, 0.2) is 46.8 Å². The van der Waals surface area contributed by atoms with Crippen molar-refractivity contribution in [3.8, 4) is 0 Å². The standard InChI is InChI=1S/C16H21N3S/c1-3-17-16(19-12-15-5-4-10-20-15)18-11-14-8-6-13(2)7-9-14/h4-10H,3,11-12H2,1-2H3,(H2,17,18,19). The van der Waals surface area contributed by atoms with Gasteiger partial charge in [0.1, 0.15) is 0 Å². The van der Waals surface area contributed by atoms with Crippen molar-refractivity contribution in [3.05, 3.63) is 57.8 Å². The van der Waals surface area contributed by atoms with Gasteiger partial charge in [-0.1, -0.05) is 35.9 Å². The van der Waals surface area contributed by atoms with E-state index < -0.39 is 0 Å². The van der Waals surface area contributed by atoms with Crippen LogP contribution in [0.25, 0.3) is 0 Å². The highest BCUT2D eigenvalue weighted by Crippen LogP contribution is 2.07. The Morgan fingerprint density at radius 2 is 1.95 bits per heavy atom. The van der Waals surface area contributed by atoms with Crippen LogP contribution >= 0.6 is 11.3 Å². The average molecular weight is 287 g/mol. The fourth-order valence-electron chi connectivity index (χ4n) is 1.79. The predicted molar refractivity (Wildman–Crippen MR) is 87.2 cm³/mol. The number of benzene rings is 1. The van der Waals surface area contributed by atoms with Crippen LogP contribution in [-0.2, 0) is 13.1 Å². The number of guanidine groups is 1. The second-order valence-corrected chi connectivity index (χ2v) is 5.65. The second-order valence-electron chi connectivity index (χ2n) is 4.61. The number of nitrogens with one attached hydrogen (secondary N) is 2. The van der Waals surface area contributed by atoms with Gasteiger partial charge in [0.2, 0.25) is 0 Å². The van der Waals surface area contributed by atoms with E-state index >= 15 is 0 Å². The smallest absolute Gasteiger partial charge is 0.191 e. The molecule has 0 aliphatic heterocycles. The largest absolute Gasteiger partial charge is 0.357 e. The molecule has 0 unspecified atom stereocenters. The van der Waals surface area contributed by atoms with Crippen LogP contribution in [0.3, 0.4) is 0 Å². The maximum Gasteiger partial charge on any atom is 0.191 e. The summed E-state index contributed by atoms with van der Waals surface area (Å²) in [4.78, 5) is 5.92. The van der Waals surface area contributed by atoms with E-state index in [1.807, 2.05) is 0 Å². The summed E-state index contributed by atoms with van der Waals surface area (Å²) < 4.78 is 0. The van der Waals surface area contributed by atoms with Gasteiger partial charge in [-0.05, 0) is 30.9 Å². The maximum atomic E-state index is 4.61. The highest BCUT2D eigenvalue weighted by Gasteiger charge is 1.99. The Kier molecular flexibility index (Phi) is 5.62. The molecule has 0 amide bonds. The van der Waals surface area contributed by atoms with Crippen LogP contribution in [0.2, 0.25) is 0 Å². The minimum Gasteiger partial charge on any atom is -0.357 e. The van der Waals surface area contributed by atoms with Crippen molar-refractivity contribution < 1.29 is 0 Å². The number of hydrogen-bond acceptors (Lipinski definition) is 2. The Morgan fingerprint density at radius 3 is 2.60 bits per heavy atom. The first-order valence-corrected chi connectivity index (χ1v) is 7.76. The summed E-state index contributed by atoms with van der Waals surface area (Å²) in [6, 6.07) is 12.7. The lowest BCUT2D eigenvalue weighted by atomic mass is 10.1. The molecule has 0 saturated heterocycles. The van der Waals surface area contributed by atoms with Crippen molar-refractivity contribution in [2.24, 2.45) is 4.99 Å². The van der Waals surface area contributed by atoms with Crippen molar-refractivity contribution >= 4 is 17.3 Å². The lowest BCUT2D eigenvalue weighted by Gasteiger charge is -2.10. The Bertz CT molecular complexity index is 529. The molecule has 1 heterocycles. The topological polar surface area (TPSA) is 36.4 Å². The van der Waals surface area contributed by atoms with Crippen molar-refractivity contribution in [1.29, 1.82) is 0 Å². The minimum atomic E-state index is 0.694. The van der Waals surface area contributed by atoms with Crippen LogP contribution in [0.4, 0.5) is 0 Å². The molecule has 0 spiro atoms. The molecular weight excluding hydrogens is 266 g/mol. The molecule has 2 aromatic rings. The van der Waals surface area contributed by atoms with Gasteiger partial charge in [-0.3, -0.25) is 0 Å². The monoisotopic (exact) mass is 287 g/mol. The zero-order valence-electron chi connectivity index (χ0n) is 12.0. The highest BCUT2D eigenvalue weighted by molar-refractivity contribution is 7.09. The molecule has 0 radical (unpaired) electrons. The lowest BCUT2D eigenvalue weighted by Crippen LogP contribution is -2.36. The molecule has 1 aromatic heterocycles. The third kappa shape index (κ3) is 4.70. The summed E-state index contributed by atoms with van der Waals surface area (Å²) in [5, 5.41) is 8.71. The molecule has 106 valence electrons. The third-order valence-corrected chi connectivity index (χ3v) is 3.77. The quantitative estimate of drug-likeness (QED) is 0.654. The SMILES string of the molecule is CCNC(=NCc1ccc(C)cc1)NCc1cccs1. The number of aryl methyl sites for hydroxylation is 1. The van der Waals surface area contributed by atoms with Gasteiger partial charge in [0, 0.05) is 11.4 Å². The first kappa shape index (κ1) is 14.6. The van der Waals surface area contributed by atoms with Crippen molar-refractivity contribution in [3.63, 3.8) is 0 Å². The molecule has 2 rings (SSSR count). The van der Waals surface area contributed by atoms with Crippen molar-refractivity contribution in [2.45, 2.75) is 26.9 Å². The molecule has 0 saturated carbocycles. The molecule has 0 aliphatic carbocycles. The molecular formula is C16H21N3S. The fourth-order valence-corrected chi connectivity index (χ4v) is 2.43. The Hall–Kier alpha value is -1.81. The Morgan fingerprint density at radius 1 is 1.15 bits per heavy atom. The van der Waals surface area contributed by atoms with Gasteiger partial charge in [0.05, 0.1) is 13.1 Å². The van der Waals surface area contributed by atoms with Crippen LogP contribution in [0.1, 0.15) is 22.9 Å². The van der Waals surface area contributed by atoms with Gasteiger partial charge in [0.15, 0.2) is 5.96 Å². The van der Waals surface area contributed by atoms with E-state index in [1.54, 1.807) is 11.3 Å². The summed E-state index contributed by atoms with van der Waals surface area (Å²) in [5.41, 5.74) is 2.50. The third-order valence-electron chi connectivity index (χ3n) is 2.89. The Labute approximate surface area is 124 Å². The van der Waals surface area contributed by atoms with Gasteiger partial charge < -0.3 is 10.6 Å². The van der Waals surface area contributed by atoms with Crippen LogP contribution < -0.4 is 10.6 Å². The number of aliphatic imine (C=N–C) groups is 1. The second kappa shape index (κ2) is 7.70. The zero-order chi connectivity index (χ0) is 14.2. The molecule has 4 heteroatoms.